The van der Waals surface area contributed by atoms with Crippen LogP contribution in [0.25, 0.3) is 0 Å². The smallest absolute Gasteiger partial charge is 0.303 e. The lowest BCUT2D eigenvalue weighted by molar-refractivity contribution is -0.137. The van der Waals surface area contributed by atoms with Crippen LogP contribution in [0, 0.1) is 6.92 Å². The van der Waals surface area contributed by atoms with E-state index in [9.17, 15) is 9.59 Å². The minimum atomic E-state index is -0.697. The largest absolute Gasteiger partial charge is 0.481 e. The number of amides is 1. The number of rotatable bonds is 12. The number of carbonyl (C=O) groups is 2. The molecule has 0 aliphatic rings. The number of aliphatic carboxylic acids is 1. The molecule has 23 heavy (non-hydrogen) atoms. The molecule has 0 fully saturated rings. The molecule has 4 nitrogen and oxygen atoms in total. The fourth-order valence-electron chi connectivity index (χ4n) is 2.59. The Balaban J connectivity index is 1.95. The minimum Gasteiger partial charge on any atom is -0.481 e. The molecule has 0 saturated heterocycles. The molecule has 1 rings (SSSR count). The van der Waals surface area contributed by atoms with Crippen LogP contribution in [0.3, 0.4) is 0 Å². The first-order valence-corrected chi connectivity index (χ1v) is 8.67. The highest BCUT2D eigenvalue weighted by atomic mass is 16.4. The maximum atomic E-state index is 12.0. The number of benzene rings is 1. The summed E-state index contributed by atoms with van der Waals surface area (Å²) in [5, 5.41) is 11.5. The van der Waals surface area contributed by atoms with Gasteiger partial charge in [-0.3, -0.25) is 9.59 Å². The summed E-state index contributed by atoms with van der Waals surface area (Å²) >= 11 is 0. The molecular weight excluding hydrogens is 290 g/mol. The van der Waals surface area contributed by atoms with Crippen LogP contribution >= 0.6 is 0 Å². The normalized spacial score (nSPS) is 10.5. The molecule has 0 bridgehead atoms. The van der Waals surface area contributed by atoms with Crippen LogP contribution < -0.4 is 5.32 Å². The second-order valence-electron chi connectivity index (χ2n) is 6.04. The van der Waals surface area contributed by atoms with Crippen molar-refractivity contribution >= 4 is 11.9 Å². The summed E-state index contributed by atoms with van der Waals surface area (Å²) in [5.41, 5.74) is 1.77. The number of nitrogens with one attached hydrogen (secondary N) is 1. The van der Waals surface area contributed by atoms with E-state index >= 15 is 0 Å². The van der Waals surface area contributed by atoms with Crippen molar-refractivity contribution in [2.75, 3.05) is 6.54 Å². The van der Waals surface area contributed by atoms with Gasteiger partial charge in [0.25, 0.3) is 5.91 Å². The van der Waals surface area contributed by atoms with Crippen molar-refractivity contribution in [1.82, 2.24) is 5.32 Å². The first-order chi connectivity index (χ1) is 11.1. The van der Waals surface area contributed by atoms with Gasteiger partial charge in [-0.25, -0.2) is 0 Å². The van der Waals surface area contributed by atoms with E-state index in [4.69, 9.17) is 5.11 Å². The zero-order valence-electron chi connectivity index (χ0n) is 14.1. The summed E-state index contributed by atoms with van der Waals surface area (Å²) < 4.78 is 0. The third-order valence-corrected chi connectivity index (χ3v) is 3.99. The van der Waals surface area contributed by atoms with E-state index < -0.39 is 5.97 Å². The average molecular weight is 319 g/mol. The third-order valence-electron chi connectivity index (χ3n) is 3.99. The molecule has 2 N–H and O–H groups in total. The number of carbonyl (C=O) groups excluding carboxylic acids is 1. The van der Waals surface area contributed by atoms with Crippen LogP contribution in [0.1, 0.15) is 73.7 Å². The SMILES string of the molecule is Cc1ccccc1C(=O)NCCCCCCCCCCC(=O)O. The van der Waals surface area contributed by atoms with E-state index in [1.807, 2.05) is 31.2 Å². The highest BCUT2D eigenvalue weighted by Gasteiger charge is 2.06. The third kappa shape index (κ3) is 9.01. The van der Waals surface area contributed by atoms with E-state index in [0.717, 1.165) is 49.8 Å². The van der Waals surface area contributed by atoms with Crippen LogP contribution in [0.15, 0.2) is 24.3 Å². The zero-order chi connectivity index (χ0) is 16.9. The van der Waals surface area contributed by atoms with Gasteiger partial charge in [-0.05, 0) is 31.4 Å². The van der Waals surface area contributed by atoms with E-state index in [0.29, 0.717) is 6.42 Å². The Morgan fingerprint density at radius 3 is 2.09 bits per heavy atom. The molecule has 0 heterocycles. The Kier molecular flexibility index (Phi) is 9.76. The van der Waals surface area contributed by atoms with Crippen molar-refractivity contribution in [3.8, 4) is 0 Å². The quantitative estimate of drug-likeness (QED) is 0.564. The Labute approximate surface area is 139 Å². The van der Waals surface area contributed by atoms with E-state index in [1.165, 1.54) is 19.3 Å². The van der Waals surface area contributed by atoms with Crippen molar-refractivity contribution in [1.29, 1.82) is 0 Å². The Morgan fingerprint density at radius 2 is 1.48 bits per heavy atom. The Bertz CT molecular complexity index is 485. The maximum Gasteiger partial charge on any atom is 0.303 e. The standard InChI is InChI=1S/C19H29NO3/c1-16-12-9-10-13-17(16)19(23)20-15-11-7-5-3-2-4-6-8-14-18(21)22/h9-10,12-13H,2-8,11,14-15H2,1H3,(H,20,23)(H,21,22). The average Bonchev–Trinajstić information content (AvgIpc) is 2.52. The van der Waals surface area contributed by atoms with Crippen LogP contribution in [0.4, 0.5) is 0 Å². The number of hydrogen-bond donors (Lipinski definition) is 2. The fraction of sp³-hybridized carbons (Fsp3) is 0.579. The molecule has 128 valence electrons. The second kappa shape index (κ2) is 11.7. The van der Waals surface area contributed by atoms with Crippen molar-refractivity contribution in [2.24, 2.45) is 0 Å². The summed E-state index contributed by atoms with van der Waals surface area (Å²) in [6.45, 7) is 2.68. The van der Waals surface area contributed by atoms with Gasteiger partial charge < -0.3 is 10.4 Å². The van der Waals surface area contributed by atoms with Crippen molar-refractivity contribution in [3.63, 3.8) is 0 Å². The van der Waals surface area contributed by atoms with Gasteiger partial charge >= 0.3 is 5.97 Å². The summed E-state index contributed by atoms with van der Waals surface area (Å²) in [5.74, 6) is -0.681. The van der Waals surface area contributed by atoms with Crippen LogP contribution in [0.5, 0.6) is 0 Å². The van der Waals surface area contributed by atoms with Crippen molar-refractivity contribution < 1.29 is 14.7 Å². The molecule has 0 aliphatic carbocycles. The van der Waals surface area contributed by atoms with Gasteiger partial charge in [0.2, 0.25) is 0 Å². The minimum absolute atomic E-state index is 0.0153. The summed E-state index contributed by atoms with van der Waals surface area (Å²) in [4.78, 5) is 22.4. The van der Waals surface area contributed by atoms with Gasteiger partial charge in [0.1, 0.15) is 0 Å². The van der Waals surface area contributed by atoms with Gasteiger partial charge in [0.15, 0.2) is 0 Å². The Hall–Kier alpha value is -1.84. The second-order valence-corrected chi connectivity index (χ2v) is 6.04. The molecule has 0 saturated carbocycles. The Morgan fingerprint density at radius 1 is 0.913 bits per heavy atom. The van der Waals surface area contributed by atoms with Gasteiger partial charge in [-0.2, -0.15) is 0 Å². The zero-order valence-corrected chi connectivity index (χ0v) is 14.1. The van der Waals surface area contributed by atoms with Gasteiger partial charge in [-0.15, -0.1) is 0 Å². The van der Waals surface area contributed by atoms with Crippen molar-refractivity contribution in [2.45, 2.75) is 64.7 Å². The fourth-order valence-corrected chi connectivity index (χ4v) is 2.59. The molecule has 0 aromatic heterocycles. The molecule has 1 aromatic carbocycles. The molecular formula is C19H29NO3. The van der Waals surface area contributed by atoms with Gasteiger partial charge in [0, 0.05) is 18.5 Å². The maximum absolute atomic E-state index is 12.0. The number of carboxylic acid groups (broad SMARTS) is 1. The molecule has 0 radical (unpaired) electrons. The van der Waals surface area contributed by atoms with Crippen molar-refractivity contribution in [3.05, 3.63) is 35.4 Å². The highest BCUT2D eigenvalue weighted by molar-refractivity contribution is 5.95. The van der Waals surface area contributed by atoms with Gasteiger partial charge in [0.05, 0.1) is 0 Å². The van der Waals surface area contributed by atoms with Crippen LogP contribution in [-0.2, 0) is 4.79 Å². The molecule has 0 aliphatic heterocycles. The number of unbranched alkanes of at least 4 members (excludes halogenated alkanes) is 7. The number of carboxylic acids is 1. The first kappa shape index (κ1) is 19.2. The predicted octanol–water partition coefficient (Wildman–Crippen LogP) is 4.32. The molecule has 4 heteroatoms. The summed E-state index contributed by atoms with van der Waals surface area (Å²) in [7, 11) is 0. The van der Waals surface area contributed by atoms with E-state index in [1.54, 1.807) is 0 Å². The molecule has 1 amide bonds. The summed E-state index contributed by atoms with van der Waals surface area (Å²) in [6.07, 6.45) is 8.91. The monoisotopic (exact) mass is 319 g/mol. The van der Waals surface area contributed by atoms with E-state index in [2.05, 4.69) is 5.32 Å². The molecule has 1 aromatic rings. The molecule has 0 spiro atoms. The number of hydrogen-bond acceptors (Lipinski definition) is 2. The lowest BCUT2D eigenvalue weighted by Crippen LogP contribution is -2.25. The van der Waals surface area contributed by atoms with Gasteiger partial charge in [-0.1, -0.05) is 56.7 Å². The summed E-state index contributed by atoms with van der Waals surface area (Å²) in [6, 6.07) is 7.63. The topological polar surface area (TPSA) is 66.4 Å². The predicted molar refractivity (Wildman–Crippen MR) is 92.7 cm³/mol. The molecule has 0 unspecified atom stereocenters. The first-order valence-electron chi connectivity index (χ1n) is 8.67. The lowest BCUT2D eigenvalue weighted by atomic mass is 10.1. The van der Waals surface area contributed by atoms with Crippen LogP contribution in [0.2, 0.25) is 0 Å². The number of aryl methyl sites for hydroxylation is 1. The molecule has 0 atom stereocenters. The highest BCUT2D eigenvalue weighted by Crippen LogP contribution is 2.10. The lowest BCUT2D eigenvalue weighted by Gasteiger charge is -2.07. The van der Waals surface area contributed by atoms with E-state index in [-0.39, 0.29) is 5.91 Å². The van der Waals surface area contributed by atoms with Crippen LogP contribution in [-0.4, -0.2) is 23.5 Å².